The lowest BCUT2D eigenvalue weighted by Crippen LogP contribution is -2.16. The normalized spacial score (nSPS) is 12.5. The molecule has 0 spiro atoms. The first-order valence-electron chi connectivity index (χ1n) is 6.26. The molecule has 0 aliphatic rings. The van der Waals surface area contributed by atoms with Crippen molar-refractivity contribution in [2.24, 2.45) is 11.7 Å². The van der Waals surface area contributed by atoms with Crippen LogP contribution < -0.4 is 11.1 Å². The third-order valence-electron chi connectivity index (χ3n) is 2.82. The zero-order valence-electron chi connectivity index (χ0n) is 11.2. The highest BCUT2D eigenvalue weighted by Gasteiger charge is 2.09. The summed E-state index contributed by atoms with van der Waals surface area (Å²) in [6, 6.07) is 5.61. The van der Waals surface area contributed by atoms with Gasteiger partial charge in [0.05, 0.1) is 10.6 Å². The number of primary amides is 1. The summed E-state index contributed by atoms with van der Waals surface area (Å²) in [5.41, 5.74) is 6.48. The van der Waals surface area contributed by atoms with Gasteiger partial charge in [-0.15, -0.1) is 0 Å². The minimum atomic E-state index is -0.501. The molecule has 0 aliphatic carbocycles. The summed E-state index contributed by atoms with van der Waals surface area (Å²) in [4.78, 5) is 11.1. The van der Waals surface area contributed by atoms with Crippen LogP contribution in [0.1, 0.15) is 44.0 Å². The molecule has 1 amide bonds. The Morgan fingerprint density at radius 3 is 2.50 bits per heavy atom. The predicted molar refractivity (Wildman–Crippen MR) is 77.1 cm³/mol. The van der Waals surface area contributed by atoms with Crippen LogP contribution in [0.15, 0.2) is 18.2 Å². The van der Waals surface area contributed by atoms with Gasteiger partial charge in [-0.3, -0.25) is 4.79 Å². The molecular formula is C14H21ClN2O. The number of hydrogen-bond acceptors (Lipinski definition) is 2. The smallest absolute Gasteiger partial charge is 0.250 e. The quantitative estimate of drug-likeness (QED) is 0.827. The third-order valence-corrected chi connectivity index (χ3v) is 3.14. The average molecular weight is 269 g/mol. The van der Waals surface area contributed by atoms with Crippen LogP contribution in [-0.4, -0.2) is 11.9 Å². The van der Waals surface area contributed by atoms with E-state index in [-0.39, 0.29) is 0 Å². The first-order chi connectivity index (χ1) is 8.40. The number of benzene rings is 1. The van der Waals surface area contributed by atoms with Crippen molar-refractivity contribution in [2.75, 3.05) is 5.32 Å². The van der Waals surface area contributed by atoms with E-state index in [0.717, 1.165) is 12.1 Å². The first kappa shape index (κ1) is 14.8. The van der Waals surface area contributed by atoms with E-state index >= 15 is 0 Å². The van der Waals surface area contributed by atoms with Crippen LogP contribution in [0.4, 0.5) is 5.69 Å². The van der Waals surface area contributed by atoms with E-state index in [1.807, 2.05) is 6.07 Å². The lowest BCUT2D eigenvalue weighted by molar-refractivity contribution is 0.100. The van der Waals surface area contributed by atoms with Gasteiger partial charge < -0.3 is 11.1 Å². The van der Waals surface area contributed by atoms with E-state index in [0.29, 0.717) is 22.5 Å². The summed E-state index contributed by atoms with van der Waals surface area (Å²) in [7, 11) is 0. The summed E-state index contributed by atoms with van der Waals surface area (Å²) in [5.74, 6) is 0.203. The van der Waals surface area contributed by atoms with Gasteiger partial charge in [-0.2, -0.15) is 0 Å². The predicted octanol–water partition coefficient (Wildman–Crippen LogP) is 3.68. The number of halogens is 1. The summed E-state index contributed by atoms with van der Waals surface area (Å²) in [6.07, 6.45) is 2.29. The van der Waals surface area contributed by atoms with E-state index in [2.05, 4.69) is 26.1 Å². The Bertz CT molecular complexity index is 418. The van der Waals surface area contributed by atoms with E-state index in [9.17, 15) is 4.79 Å². The second-order valence-corrected chi connectivity index (χ2v) is 5.48. The summed E-state index contributed by atoms with van der Waals surface area (Å²) < 4.78 is 0. The van der Waals surface area contributed by atoms with Crippen LogP contribution in [0.2, 0.25) is 5.02 Å². The fraction of sp³-hybridized carbons (Fsp3) is 0.500. The molecule has 0 aromatic heterocycles. The molecule has 1 aromatic carbocycles. The molecule has 0 saturated heterocycles. The molecule has 0 saturated carbocycles. The molecule has 0 fully saturated rings. The van der Waals surface area contributed by atoms with E-state index in [4.69, 9.17) is 17.3 Å². The minimum Gasteiger partial charge on any atom is -0.383 e. The highest BCUT2D eigenvalue weighted by atomic mass is 35.5. The molecule has 3 nitrogen and oxygen atoms in total. The largest absolute Gasteiger partial charge is 0.383 e. The fourth-order valence-corrected chi connectivity index (χ4v) is 2.02. The molecule has 100 valence electrons. The molecule has 1 aromatic rings. The second kappa shape index (κ2) is 6.64. The third kappa shape index (κ3) is 4.57. The van der Waals surface area contributed by atoms with Gasteiger partial charge in [0.25, 0.3) is 0 Å². The number of hydrogen-bond donors (Lipinski definition) is 2. The molecule has 0 bridgehead atoms. The number of nitrogens with two attached hydrogens (primary N) is 1. The topological polar surface area (TPSA) is 55.1 Å². The van der Waals surface area contributed by atoms with Crippen LogP contribution in [0.5, 0.6) is 0 Å². The Morgan fingerprint density at radius 1 is 1.33 bits per heavy atom. The van der Waals surface area contributed by atoms with Crippen molar-refractivity contribution >= 4 is 23.2 Å². The Kier molecular flexibility index (Phi) is 5.48. The highest BCUT2D eigenvalue weighted by molar-refractivity contribution is 6.34. The molecule has 0 radical (unpaired) electrons. The second-order valence-electron chi connectivity index (χ2n) is 5.08. The fourth-order valence-electron chi connectivity index (χ4n) is 1.74. The molecule has 0 heterocycles. The highest BCUT2D eigenvalue weighted by Crippen LogP contribution is 2.22. The number of rotatable bonds is 6. The molecule has 18 heavy (non-hydrogen) atoms. The maximum atomic E-state index is 11.1. The van der Waals surface area contributed by atoms with Crippen LogP contribution in [0.25, 0.3) is 0 Å². The van der Waals surface area contributed by atoms with Crippen molar-refractivity contribution in [2.45, 2.75) is 39.7 Å². The van der Waals surface area contributed by atoms with Gasteiger partial charge in [0.2, 0.25) is 5.91 Å². The van der Waals surface area contributed by atoms with E-state index < -0.39 is 5.91 Å². The number of anilines is 1. The van der Waals surface area contributed by atoms with Gasteiger partial charge >= 0.3 is 0 Å². The van der Waals surface area contributed by atoms with Gasteiger partial charge in [0.1, 0.15) is 0 Å². The number of carbonyl (C=O) groups is 1. The molecule has 1 atom stereocenters. The molecule has 1 rings (SSSR count). The van der Waals surface area contributed by atoms with Gasteiger partial charge in [0, 0.05) is 11.7 Å². The minimum absolute atomic E-state index is 0.358. The maximum absolute atomic E-state index is 11.1. The van der Waals surface area contributed by atoms with Gasteiger partial charge in [-0.25, -0.2) is 0 Å². The lowest BCUT2D eigenvalue weighted by Gasteiger charge is -2.17. The van der Waals surface area contributed by atoms with E-state index in [1.54, 1.807) is 12.1 Å². The number of nitrogens with one attached hydrogen (secondary N) is 1. The molecule has 0 aliphatic heterocycles. The first-order valence-corrected chi connectivity index (χ1v) is 6.64. The maximum Gasteiger partial charge on any atom is 0.250 e. The SMILES string of the molecule is CC(C)CCC(C)Nc1ccc(C(N)=O)c(Cl)c1. The Balaban J connectivity index is 2.63. The molecule has 4 heteroatoms. The van der Waals surface area contributed by atoms with Crippen LogP contribution in [-0.2, 0) is 0 Å². The van der Waals surface area contributed by atoms with Crippen LogP contribution in [0.3, 0.4) is 0 Å². The number of amides is 1. The van der Waals surface area contributed by atoms with Crippen molar-refractivity contribution in [1.29, 1.82) is 0 Å². The summed E-state index contributed by atoms with van der Waals surface area (Å²) in [5, 5.41) is 3.76. The van der Waals surface area contributed by atoms with Crippen LogP contribution in [0, 0.1) is 5.92 Å². The van der Waals surface area contributed by atoms with Crippen molar-refractivity contribution < 1.29 is 4.79 Å². The van der Waals surface area contributed by atoms with E-state index in [1.165, 1.54) is 6.42 Å². The molecule has 3 N–H and O–H groups in total. The zero-order valence-corrected chi connectivity index (χ0v) is 11.9. The summed E-state index contributed by atoms with van der Waals surface area (Å²) >= 11 is 5.99. The number of carbonyl (C=O) groups excluding carboxylic acids is 1. The van der Waals surface area contributed by atoms with Crippen molar-refractivity contribution in [3.8, 4) is 0 Å². The Morgan fingerprint density at radius 2 is 2.00 bits per heavy atom. The van der Waals surface area contributed by atoms with Gasteiger partial charge in [-0.1, -0.05) is 25.4 Å². The van der Waals surface area contributed by atoms with Crippen molar-refractivity contribution in [3.05, 3.63) is 28.8 Å². The van der Waals surface area contributed by atoms with Crippen LogP contribution >= 0.6 is 11.6 Å². The summed E-state index contributed by atoms with van der Waals surface area (Å²) in [6.45, 7) is 6.56. The Hall–Kier alpha value is -1.22. The van der Waals surface area contributed by atoms with Gasteiger partial charge in [0.15, 0.2) is 0 Å². The monoisotopic (exact) mass is 268 g/mol. The van der Waals surface area contributed by atoms with Crippen molar-refractivity contribution in [1.82, 2.24) is 0 Å². The Labute approximate surface area is 114 Å². The molecular weight excluding hydrogens is 248 g/mol. The van der Waals surface area contributed by atoms with Crippen molar-refractivity contribution in [3.63, 3.8) is 0 Å². The zero-order chi connectivity index (χ0) is 13.7. The molecule has 1 unspecified atom stereocenters. The average Bonchev–Trinajstić information content (AvgIpc) is 2.26. The standard InChI is InChI=1S/C14H21ClN2O/c1-9(2)4-5-10(3)17-11-6-7-12(14(16)18)13(15)8-11/h6-10,17H,4-5H2,1-3H3,(H2,16,18). The van der Waals surface area contributed by atoms with Gasteiger partial charge in [-0.05, 0) is 43.9 Å². The lowest BCUT2D eigenvalue weighted by atomic mass is 10.0.